The van der Waals surface area contributed by atoms with Gasteiger partial charge in [0, 0.05) is 18.1 Å². The number of aryl methyl sites for hydroxylation is 1. The average molecular weight is 306 g/mol. The molecule has 0 aliphatic carbocycles. The van der Waals surface area contributed by atoms with Gasteiger partial charge in [-0.15, -0.1) is 11.3 Å². The van der Waals surface area contributed by atoms with Crippen LogP contribution in [-0.4, -0.2) is 46.0 Å². The molecule has 1 fully saturated rings. The highest BCUT2D eigenvalue weighted by Gasteiger charge is 2.34. The Hall–Kier alpha value is -0.720. The van der Waals surface area contributed by atoms with Gasteiger partial charge in [0.25, 0.3) is 5.91 Å². The largest absolute Gasteiger partial charge is 0.480 e. The fourth-order valence-electron chi connectivity index (χ4n) is 1.76. The number of hydrogen-bond donors (Lipinski definition) is 1. The summed E-state index contributed by atoms with van der Waals surface area (Å²) in [4.78, 5) is 25.3. The highest BCUT2D eigenvalue weighted by atomic mass is 35.5. The first-order valence-electron chi connectivity index (χ1n) is 5.37. The maximum absolute atomic E-state index is 12.3. The lowest BCUT2D eigenvalue weighted by Crippen LogP contribution is -2.50. The molecule has 1 atom stereocenters. The maximum atomic E-state index is 12.3. The van der Waals surface area contributed by atoms with Gasteiger partial charge >= 0.3 is 5.97 Å². The van der Waals surface area contributed by atoms with Gasteiger partial charge in [-0.25, -0.2) is 4.79 Å². The number of thioether (sulfide) groups is 1. The molecule has 0 saturated carbocycles. The molecule has 0 bridgehead atoms. The SMILES string of the molecule is Cc1csc(C(=O)N2CCSCC2C(=O)O)c1Cl. The Bertz CT molecular complexity index is 489. The molecule has 1 aromatic rings. The third-order valence-electron chi connectivity index (χ3n) is 2.77. The molecule has 0 spiro atoms. The summed E-state index contributed by atoms with van der Waals surface area (Å²) in [5.74, 6) is -0.0358. The van der Waals surface area contributed by atoms with Crippen molar-refractivity contribution >= 4 is 46.6 Å². The summed E-state index contributed by atoms with van der Waals surface area (Å²) >= 11 is 8.88. The van der Waals surface area contributed by atoms with E-state index < -0.39 is 12.0 Å². The lowest BCUT2D eigenvalue weighted by Gasteiger charge is -2.32. The first kappa shape index (κ1) is 13.7. The van der Waals surface area contributed by atoms with E-state index in [9.17, 15) is 9.59 Å². The zero-order chi connectivity index (χ0) is 13.3. The van der Waals surface area contributed by atoms with Crippen molar-refractivity contribution in [1.82, 2.24) is 4.90 Å². The summed E-state index contributed by atoms with van der Waals surface area (Å²) in [5, 5.41) is 11.4. The molecule has 0 radical (unpaired) electrons. The molecule has 7 heteroatoms. The number of carbonyl (C=O) groups is 2. The van der Waals surface area contributed by atoms with Gasteiger partial charge in [0.05, 0.1) is 5.02 Å². The molecule has 18 heavy (non-hydrogen) atoms. The van der Waals surface area contributed by atoms with Crippen molar-refractivity contribution in [3.63, 3.8) is 0 Å². The molecule has 1 aromatic heterocycles. The van der Waals surface area contributed by atoms with Gasteiger partial charge in [-0.3, -0.25) is 4.79 Å². The number of halogens is 1. The van der Waals surface area contributed by atoms with Gasteiger partial charge in [0.1, 0.15) is 10.9 Å². The van der Waals surface area contributed by atoms with E-state index in [1.165, 1.54) is 16.2 Å². The zero-order valence-corrected chi connectivity index (χ0v) is 12.1. The molecule has 1 amide bonds. The van der Waals surface area contributed by atoms with E-state index in [-0.39, 0.29) is 5.91 Å². The quantitative estimate of drug-likeness (QED) is 0.911. The fourth-order valence-corrected chi connectivity index (χ4v) is 4.02. The van der Waals surface area contributed by atoms with Crippen molar-refractivity contribution in [2.75, 3.05) is 18.1 Å². The van der Waals surface area contributed by atoms with Crippen LogP contribution >= 0.6 is 34.7 Å². The summed E-state index contributed by atoms with van der Waals surface area (Å²) < 4.78 is 0. The number of rotatable bonds is 2. The summed E-state index contributed by atoms with van der Waals surface area (Å²) in [7, 11) is 0. The Kier molecular flexibility index (Phi) is 4.19. The minimum atomic E-state index is -0.958. The van der Waals surface area contributed by atoms with Crippen LogP contribution in [0.2, 0.25) is 5.02 Å². The second-order valence-electron chi connectivity index (χ2n) is 3.99. The smallest absolute Gasteiger partial charge is 0.327 e. The molecule has 1 saturated heterocycles. The third kappa shape index (κ3) is 2.50. The predicted molar refractivity (Wildman–Crippen MR) is 73.9 cm³/mol. The van der Waals surface area contributed by atoms with Crippen molar-refractivity contribution in [3.05, 3.63) is 20.8 Å². The molecule has 1 unspecified atom stereocenters. The van der Waals surface area contributed by atoms with Crippen LogP contribution in [0.25, 0.3) is 0 Å². The van der Waals surface area contributed by atoms with Gasteiger partial charge in [-0.1, -0.05) is 11.6 Å². The van der Waals surface area contributed by atoms with E-state index in [0.29, 0.717) is 22.2 Å². The van der Waals surface area contributed by atoms with Gasteiger partial charge in [0.15, 0.2) is 0 Å². The Balaban J connectivity index is 2.26. The van der Waals surface area contributed by atoms with Crippen LogP contribution in [0.1, 0.15) is 15.2 Å². The van der Waals surface area contributed by atoms with Crippen molar-refractivity contribution < 1.29 is 14.7 Å². The van der Waals surface area contributed by atoms with E-state index in [0.717, 1.165) is 11.3 Å². The van der Waals surface area contributed by atoms with Gasteiger partial charge < -0.3 is 10.0 Å². The second kappa shape index (κ2) is 5.50. The number of carboxylic acid groups (broad SMARTS) is 1. The highest BCUT2D eigenvalue weighted by molar-refractivity contribution is 7.99. The third-order valence-corrected chi connectivity index (χ3v) is 5.48. The highest BCUT2D eigenvalue weighted by Crippen LogP contribution is 2.30. The predicted octanol–water partition coefficient (Wildman–Crippen LogP) is 2.35. The fraction of sp³-hybridized carbons (Fsp3) is 0.455. The van der Waals surface area contributed by atoms with Crippen molar-refractivity contribution in [2.24, 2.45) is 0 Å². The number of nitrogens with zero attached hydrogens (tertiary/aromatic N) is 1. The van der Waals surface area contributed by atoms with Gasteiger partial charge in [-0.2, -0.15) is 11.8 Å². The molecule has 2 rings (SSSR count). The van der Waals surface area contributed by atoms with Crippen LogP contribution in [0.5, 0.6) is 0 Å². The molecule has 4 nitrogen and oxygen atoms in total. The second-order valence-corrected chi connectivity index (χ2v) is 6.40. The number of carboxylic acids is 1. The van der Waals surface area contributed by atoms with Crippen LogP contribution in [-0.2, 0) is 4.79 Å². The van der Waals surface area contributed by atoms with Gasteiger partial charge in [0.2, 0.25) is 0 Å². The van der Waals surface area contributed by atoms with E-state index in [4.69, 9.17) is 16.7 Å². The van der Waals surface area contributed by atoms with Crippen molar-refractivity contribution in [2.45, 2.75) is 13.0 Å². The molecule has 1 aliphatic heterocycles. The molecule has 1 aliphatic rings. The van der Waals surface area contributed by atoms with Crippen molar-refractivity contribution in [1.29, 1.82) is 0 Å². The topological polar surface area (TPSA) is 57.6 Å². The Morgan fingerprint density at radius 3 is 2.83 bits per heavy atom. The molecule has 0 aromatic carbocycles. The summed E-state index contributed by atoms with van der Waals surface area (Å²) in [6.07, 6.45) is 0. The van der Waals surface area contributed by atoms with E-state index in [1.807, 2.05) is 12.3 Å². The van der Waals surface area contributed by atoms with Gasteiger partial charge in [-0.05, 0) is 17.9 Å². The van der Waals surface area contributed by atoms with E-state index in [1.54, 1.807) is 11.8 Å². The van der Waals surface area contributed by atoms with Crippen LogP contribution in [0.15, 0.2) is 5.38 Å². The number of thiophene rings is 1. The number of aliphatic carboxylic acids is 1. The molecular weight excluding hydrogens is 294 g/mol. The van der Waals surface area contributed by atoms with Crippen LogP contribution in [0.3, 0.4) is 0 Å². The average Bonchev–Trinajstić information content (AvgIpc) is 2.69. The minimum absolute atomic E-state index is 0.272. The number of hydrogen-bond acceptors (Lipinski definition) is 4. The lowest BCUT2D eigenvalue weighted by molar-refractivity contribution is -0.141. The molecular formula is C11H12ClNO3S2. The first-order chi connectivity index (χ1) is 8.52. The van der Waals surface area contributed by atoms with Crippen LogP contribution in [0.4, 0.5) is 0 Å². The lowest BCUT2D eigenvalue weighted by atomic mass is 10.2. The number of carbonyl (C=O) groups excluding carboxylic acids is 1. The maximum Gasteiger partial charge on any atom is 0.327 e. The Labute approximate surface area is 118 Å². The van der Waals surface area contributed by atoms with E-state index in [2.05, 4.69) is 0 Å². The van der Waals surface area contributed by atoms with Crippen LogP contribution < -0.4 is 0 Å². The molecule has 1 N–H and O–H groups in total. The van der Waals surface area contributed by atoms with Crippen molar-refractivity contribution in [3.8, 4) is 0 Å². The minimum Gasteiger partial charge on any atom is -0.480 e. The molecule has 98 valence electrons. The summed E-state index contributed by atoms with van der Waals surface area (Å²) in [6.45, 7) is 2.28. The summed E-state index contributed by atoms with van der Waals surface area (Å²) in [6, 6.07) is -0.755. The zero-order valence-electron chi connectivity index (χ0n) is 9.68. The Morgan fingerprint density at radius 1 is 1.56 bits per heavy atom. The Morgan fingerprint density at radius 2 is 2.28 bits per heavy atom. The normalized spacial score (nSPS) is 19.9. The number of amides is 1. The van der Waals surface area contributed by atoms with Crippen LogP contribution in [0, 0.1) is 6.92 Å². The van der Waals surface area contributed by atoms with E-state index >= 15 is 0 Å². The molecule has 2 heterocycles. The first-order valence-corrected chi connectivity index (χ1v) is 7.78. The monoisotopic (exact) mass is 305 g/mol. The summed E-state index contributed by atoms with van der Waals surface area (Å²) in [5.41, 5.74) is 0.850. The standard InChI is InChI=1S/C11H12ClNO3S2/c1-6-4-18-9(8(6)12)10(14)13-2-3-17-5-7(13)11(15)16/h4,7H,2-3,5H2,1H3,(H,15,16).